The average molecular weight is 276 g/mol. The van der Waals surface area contributed by atoms with Crippen LogP contribution in [-0.2, 0) is 11.3 Å². The van der Waals surface area contributed by atoms with Gasteiger partial charge in [0.1, 0.15) is 11.8 Å². The summed E-state index contributed by atoms with van der Waals surface area (Å²) in [6.07, 6.45) is 4.76. The lowest BCUT2D eigenvalue weighted by atomic mass is 9.98. The number of nitrogens with zero attached hydrogens (tertiary/aromatic N) is 2. The number of hydrogen-bond acceptors (Lipinski definition) is 3. The quantitative estimate of drug-likeness (QED) is 0.880. The summed E-state index contributed by atoms with van der Waals surface area (Å²) in [5, 5.41) is 5.79. The predicted octanol–water partition coefficient (Wildman–Crippen LogP) is 1.04. The summed E-state index contributed by atoms with van der Waals surface area (Å²) in [7, 11) is 0. The number of fused-ring (bicyclic) bond motifs is 1. The van der Waals surface area contributed by atoms with Gasteiger partial charge < -0.3 is 15.0 Å². The van der Waals surface area contributed by atoms with Crippen molar-refractivity contribution in [1.29, 1.82) is 0 Å². The number of hydrogen-bond donors (Lipinski definition) is 2. The zero-order chi connectivity index (χ0) is 14.2. The zero-order valence-electron chi connectivity index (χ0n) is 11.3. The highest BCUT2D eigenvalue weighted by atomic mass is 19.1. The number of imidazole rings is 1. The van der Waals surface area contributed by atoms with Gasteiger partial charge in [0, 0.05) is 38.1 Å². The van der Waals surface area contributed by atoms with Crippen LogP contribution < -0.4 is 10.6 Å². The number of nitrogens with one attached hydrogen (secondary N) is 2. The van der Waals surface area contributed by atoms with Crippen LogP contribution >= 0.6 is 0 Å². The summed E-state index contributed by atoms with van der Waals surface area (Å²) >= 11 is 0. The number of rotatable bonds is 3. The number of aromatic nitrogens is 2. The minimum Gasteiger partial charge on any atom is -0.350 e. The molecule has 2 aromatic heterocycles. The average Bonchev–Trinajstić information content (AvgIpc) is 3.02. The standard InChI is InChI=1S/C14H17FN4O/c1-14(7-11(15)9-18-14)13(20)17-8-10-2-4-19-5-3-16-12(19)6-10/h2-6,11,18H,7-9H2,1H3,(H,17,20)/t11-,14-/m0/s1. The summed E-state index contributed by atoms with van der Waals surface area (Å²) in [5.74, 6) is -0.166. The van der Waals surface area contributed by atoms with Gasteiger partial charge in [-0.25, -0.2) is 9.37 Å². The van der Waals surface area contributed by atoms with Gasteiger partial charge in [-0.1, -0.05) is 0 Å². The Hall–Kier alpha value is -1.95. The Bertz CT molecular complexity index is 641. The van der Waals surface area contributed by atoms with Gasteiger partial charge in [0.2, 0.25) is 5.91 Å². The molecule has 1 amide bonds. The van der Waals surface area contributed by atoms with E-state index in [-0.39, 0.29) is 18.9 Å². The van der Waals surface area contributed by atoms with Gasteiger partial charge in [-0.2, -0.15) is 0 Å². The topological polar surface area (TPSA) is 58.4 Å². The van der Waals surface area contributed by atoms with E-state index in [2.05, 4.69) is 15.6 Å². The Morgan fingerprint density at radius 2 is 2.50 bits per heavy atom. The van der Waals surface area contributed by atoms with Gasteiger partial charge >= 0.3 is 0 Å². The monoisotopic (exact) mass is 276 g/mol. The first-order valence-corrected chi connectivity index (χ1v) is 6.66. The van der Waals surface area contributed by atoms with Gasteiger partial charge in [-0.05, 0) is 24.6 Å². The van der Waals surface area contributed by atoms with Crippen molar-refractivity contribution in [2.45, 2.75) is 31.6 Å². The van der Waals surface area contributed by atoms with Gasteiger partial charge in [0.25, 0.3) is 0 Å². The summed E-state index contributed by atoms with van der Waals surface area (Å²) in [6.45, 7) is 2.39. The summed E-state index contributed by atoms with van der Waals surface area (Å²) in [6, 6.07) is 3.85. The SMILES string of the molecule is C[C@@]1(C(=O)NCc2ccn3ccnc3c2)C[C@H](F)CN1. The molecule has 2 atom stereocenters. The van der Waals surface area contributed by atoms with Crippen molar-refractivity contribution in [2.24, 2.45) is 0 Å². The van der Waals surface area contributed by atoms with Crippen molar-refractivity contribution in [3.63, 3.8) is 0 Å². The van der Waals surface area contributed by atoms with Crippen molar-refractivity contribution in [3.05, 3.63) is 36.3 Å². The molecule has 1 aliphatic rings. The van der Waals surface area contributed by atoms with Crippen LogP contribution in [0.1, 0.15) is 18.9 Å². The molecular formula is C14H17FN4O. The smallest absolute Gasteiger partial charge is 0.240 e. The lowest BCUT2D eigenvalue weighted by Gasteiger charge is -2.22. The molecule has 1 aliphatic heterocycles. The lowest BCUT2D eigenvalue weighted by molar-refractivity contribution is -0.126. The third-order valence-corrected chi connectivity index (χ3v) is 3.76. The largest absolute Gasteiger partial charge is 0.350 e. The van der Waals surface area contributed by atoms with E-state index >= 15 is 0 Å². The number of carbonyl (C=O) groups is 1. The van der Waals surface area contributed by atoms with Gasteiger partial charge in [0.15, 0.2) is 0 Å². The molecule has 6 heteroatoms. The first-order chi connectivity index (χ1) is 9.57. The van der Waals surface area contributed by atoms with E-state index in [4.69, 9.17) is 0 Å². The van der Waals surface area contributed by atoms with Crippen LogP contribution in [0.3, 0.4) is 0 Å². The highest BCUT2D eigenvalue weighted by Gasteiger charge is 2.40. The summed E-state index contributed by atoms with van der Waals surface area (Å²) < 4.78 is 15.1. The van der Waals surface area contributed by atoms with Crippen molar-refractivity contribution in [3.8, 4) is 0 Å². The Labute approximate surface area is 116 Å². The molecule has 3 heterocycles. The molecule has 5 nitrogen and oxygen atoms in total. The summed E-state index contributed by atoms with van der Waals surface area (Å²) in [4.78, 5) is 16.3. The molecule has 20 heavy (non-hydrogen) atoms. The Morgan fingerprint density at radius 1 is 1.65 bits per heavy atom. The summed E-state index contributed by atoms with van der Waals surface area (Å²) in [5.41, 5.74) is 0.998. The third-order valence-electron chi connectivity index (χ3n) is 3.76. The van der Waals surface area contributed by atoms with E-state index < -0.39 is 11.7 Å². The van der Waals surface area contributed by atoms with E-state index in [1.807, 2.05) is 28.9 Å². The predicted molar refractivity (Wildman–Crippen MR) is 73.0 cm³/mol. The van der Waals surface area contributed by atoms with Crippen LogP contribution in [0.4, 0.5) is 4.39 Å². The van der Waals surface area contributed by atoms with Crippen molar-refractivity contribution in [1.82, 2.24) is 20.0 Å². The molecule has 2 N–H and O–H groups in total. The van der Waals surface area contributed by atoms with Gasteiger partial charge in [0.05, 0.1) is 5.54 Å². The molecule has 0 unspecified atom stereocenters. The van der Waals surface area contributed by atoms with E-state index in [0.717, 1.165) is 11.2 Å². The molecular weight excluding hydrogens is 259 g/mol. The number of carbonyl (C=O) groups excluding carboxylic acids is 1. The van der Waals surface area contributed by atoms with E-state index in [1.54, 1.807) is 13.1 Å². The number of pyridine rings is 1. The first kappa shape index (κ1) is 13.1. The minimum absolute atomic E-state index is 0.166. The zero-order valence-corrected chi connectivity index (χ0v) is 11.3. The maximum atomic E-state index is 13.2. The molecule has 0 aliphatic carbocycles. The maximum absolute atomic E-state index is 13.2. The fourth-order valence-electron chi connectivity index (χ4n) is 2.54. The van der Waals surface area contributed by atoms with Crippen LogP contribution in [0.5, 0.6) is 0 Å². The molecule has 0 bridgehead atoms. The normalized spacial score (nSPS) is 26.0. The van der Waals surface area contributed by atoms with Gasteiger partial charge in [-0.3, -0.25) is 4.79 Å². The number of halogens is 1. The second kappa shape index (κ2) is 4.86. The molecule has 0 aromatic carbocycles. The van der Waals surface area contributed by atoms with E-state index in [1.165, 1.54) is 0 Å². The second-order valence-corrected chi connectivity index (χ2v) is 5.42. The number of alkyl halides is 1. The van der Waals surface area contributed by atoms with Crippen LogP contribution in [0.2, 0.25) is 0 Å². The van der Waals surface area contributed by atoms with E-state index in [9.17, 15) is 9.18 Å². The highest BCUT2D eigenvalue weighted by molar-refractivity contribution is 5.86. The van der Waals surface area contributed by atoms with Crippen molar-refractivity contribution in [2.75, 3.05) is 6.54 Å². The molecule has 0 radical (unpaired) electrons. The van der Waals surface area contributed by atoms with E-state index in [0.29, 0.717) is 6.54 Å². The first-order valence-electron chi connectivity index (χ1n) is 6.66. The highest BCUT2D eigenvalue weighted by Crippen LogP contribution is 2.21. The van der Waals surface area contributed by atoms with Crippen LogP contribution in [0.15, 0.2) is 30.7 Å². The molecule has 3 rings (SSSR count). The Morgan fingerprint density at radius 3 is 3.25 bits per heavy atom. The maximum Gasteiger partial charge on any atom is 0.240 e. The minimum atomic E-state index is -0.952. The van der Waals surface area contributed by atoms with Gasteiger partial charge in [-0.15, -0.1) is 0 Å². The van der Waals surface area contributed by atoms with Crippen LogP contribution in [0.25, 0.3) is 5.65 Å². The Balaban J connectivity index is 1.65. The molecule has 106 valence electrons. The molecule has 1 fully saturated rings. The number of amides is 1. The lowest BCUT2D eigenvalue weighted by Crippen LogP contribution is -2.50. The fraction of sp³-hybridized carbons (Fsp3) is 0.429. The fourth-order valence-corrected chi connectivity index (χ4v) is 2.54. The van der Waals surface area contributed by atoms with Crippen molar-refractivity contribution >= 4 is 11.6 Å². The molecule has 1 saturated heterocycles. The van der Waals surface area contributed by atoms with Crippen LogP contribution in [-0.4, -0.2) is 33.5 Å². The third kappa shape index (κ3) is 2.38. The Kier molecular flexibility index (Phi) is 3.17. The molecule has 0 saturated carbocycles. The molecule has 2 aromatic rings. The van der Waals surface area contributed by atoms with Crippen LogP contribution in [0, 0.1) is 0 Å². The molecule has 0 spiro atoms. The second-order valence-electron chi connectivity index (χ2n) is 5.42. The van der Waals surface area contributed by atoms with Crippen molar-refractivity contribution < 1.29 is 9.18 Å².